The summed E-state index contributed by atoms with van der Waals surface area (Å²) in [5, 5.41) is 0. The molecule has 0 amide bonds. The van der Waals surface area contributed by atoms with Gasteiger partial charge >= 0.3 is 0 Å². The molecule has 14 heavy (non-hydrogen) atoms. The molecule has 78 valence electrons. The Balaban J connectivity index is 3.57. The minimum Gasteiger partial charge on any atom is -0.480 e. The molecule has 2 N–H and O–H groups in total. The molecule has 7 heteroatoms. The molecule has 1 aromatic heterocycles. The van der Waals surface area contributed by atoms with Crippen LogP contribution in [0.15, 0.2) is 4.90 Å². The third-order valence-corrected chi connectivity index (χ3v) is 2.80. The van der Waals surface area contributed by atoms with Crippen molar-refractivity contribution in [3.63, 3.8) is 0 Å². The number of nitrogens with two attached hydrogens (primary N) is 1. The molecule has 0 saturated carbocycles. The monoisotopic (exact) mass is 217 g/mol. The number of sulfone groups is 1. The molecule has 0 aromatic carbocycles. The lowest BCUT2D eigenvalue weighted by Crippen LogP contribution is -2.09. The second-order valence-electron chi connectivity index (χ2n) is 2.78. The molecular formula is C7H11N3O3S. The summed E-state index contributed by atoms with van der Waals surface area (Å²) in [6, 6.07) is 0. The van der Waals surface area contributed by atoms with E-state index in [1.165, 1.54) is 14.0 Å². The van der Waals surface area contributed by atoms with Crippen LogP contribution in [-0.4, -0.2) is 31.8 Å². The lowest BCUT2D eigenvalue weighted by Gasteiger charge is -2.08. The second-order valence-corrected chi connectivity index (χ2v) is 4.73. The van der Waals surface area contributed by atoms with Gasteiger partial charge in [0.1, 0.15) is 4.90 Å². The van der Waals surface area contributed by atoms with Crippen LogP contribution >= 0.6 is 0 Å². The molecule has 1 rings (SSSR count). The molecule has 0 fully saturated rings. The second kappa shape index (κ2) is 3.41. The molecule has 0 saturated heterocycles. The maximum absolute atomic E-state index is 11.3. The number of hydrogen-bond donors (Lipinski definition) is 1. The van der Waals surface area contributed by atoms with Crippen LogP contribution in [0.25, 0.3) is 0 Å². The predicted molar refractivity (Wildman–Crippen MR) is 50.8 cm³/mol. The number of nitrogens with zero attached hydrogens (tertiary/aromatic N) is 2. The van der Waals surface area contributed by atoms with Crippen LogP contribution in [0.3, 0.4) is 0 Å². The highest BCUT2D eigenvalue weighted by molar-refractivity contribution is 7.90. The van der Waals surface area contributed by atoms with Gasteiger partial charge in [-0.25, -0.2) is 13.4 Å². The minimum absolute atomic E-state index is 0.00764. The first kappa shape index (κ1) is 10.7. The molecule has 0 aliphatic heterocycles. The summed E-state index contributed by atoms with van der Waals surface area (Å²) in [6.45, 7) is 1.54. The Hall–Kier alpha value is -1.37. The van der Waals surface area contributed by atoms with Crippen LogP contribution in [-0.2, 0) is 9.84 Å². The maximum atomic E-state index is 11.3. The number of methoxy groups -OCH3 is 1. The summed E-state index contributed by atoms with van der Waals surface area (Å²) in [5.74, 6) is -0.0238. The Labute approximate surface area is 82.0 Å². The van der Waals surface area contributed by atoms with Gasteiger partial charge in [-0.1, -0.05) is 0 Å². The number of hydrogen-bond acceptors (Lipinski definition) is 6. The zero-order valence-corrected chi connectivity index (χ0v) is 8.92. The summed E-state index contributed by atoms with van der Waals surface area (Å²) in [7, 11) is -2.07. The molecule has 0 spiro atoms. The van der Waals surface area contributed by atoms with Gasteiger partial charge in [-0.05, 0) is 6.92 Å². The van der Waals surface area contributed by atoms with Gasteiger partial charge in [0.25, 0.3) is 0 Å². The molecule has 0 aliphatic rings. The number of aryl methyl sites for hydroxylation is 1. The average molecular weight is 217 g/mol. The van der Waals surface area contributed by atoms with E-state index in [0.29, 0.717) is 0 Å². The summed E-state index contributed by atoms with van der Waals surface area (Å²) in [4.78, 5) is 7.42. The highest BCUT2D eigenvalue weighted by Crippen LogP contribution is 2.24. The largest absolute Gasteiger partial charge is 0.480 e. The number of anilines is 1. The van der Waals surface area contributed by atoms with Crippen molar-refractivity contribution in [1.29, 1.82) is 0 Å². The van der Waals surface area contributed by atoms with Crippen molar-refractivity contribution in [2.24, 2.45) is 0 Å². The molecule has 0 radical (unpaired) electrons. The lowest BCUT2D eigenvalue weighted by atomic mass is 10.4. The summed E-state index contributed by atoms with van der Waals surface area (Å²) in [5.41, 5.74) is 5.64. The van der Waals surface area contributed by atoms with E-state index < -0.39 is 9.84 Å². The Morgan fingerprint density at radius 3 is 2.36 bits per heavy atom. The van der Waals surface area contributed by atoms with Crippen molar-refractivity contribution in [1.82, 2.24) is 9.97 Å². The Morgan fingerprint density at radius 1 is 1.36 bits per heavy atom. The number of nitrogen functional groups attached to an aromatic ring is 1. The lowest BCUT2D eigenvalue weighted by molar-refractivity contribution is 0.383. The summed E-state index contributed by atoms with van der Waals surface area (Å²) in [6.07, 6.45) is 1.07. The topological polar surface area (TPSA) is 95.2 Å². The van der Waals surface area contributed by atoms with E-state index in [2.05, 4.69) is 9.97 Å². The van der Waals surface area contributed by atoms with Crippen molar-refractivity contribution in [2.75, 3.05) is 19.1 Å². The van der Waals surface area contributed by atoms with Crippen molar-refractivity contribution >= 4 is 15.8 Å². The summed E-state index contributed by atoms with van der Waals surface area (Å²) >= 11 is 0. The van der Waals surface area contributed by atoms with Crippen LogP contribution in [0.2, 0.25) is 0 Å². The first-order valence-electron chi connectivity index (χ1n) is 3.74. The Morgan fingerprint density at radius 2 is 1.93 bits per heavy atom. The van der Waals surface area contributed by atoms with Gasteiger partial charge in [-0.2, -0.15) is 4.98 Å². The van der Waals surface area contributed by atoms with Crippen LogP contribution in [0.4, 0.5) is 5.95 Å². The molecule has 6 nitrogen and oxygen atoms in total. The van der Waals surface area contributed by atoms with Gasteiger partial charge < -0.3 is 10.5 Å². The van der Waals surface area contributed by atoms with E-state index >= 15 is 0 Å². The van der Waals surface area contributed by atoms with Crippen LogP contribution < -0.4 is 10.5 Å². The van der Waals surface area contributed by atoms with Crippen LogP contribution in [0.1, 0.15) is 5.69 Å². The van der Waals surface area contributed by atoms with Gasteiger partial charge in [0.15, 0.2) is 9.84 Å². The van der Waals surface area contributed by atoms with Gasteiger partial charge in [0.2, 0.25) is 11.8 Å². The molecular weight excluding hydrogens is 206 g/mol. The van der Waals surface area contributed by atoms with E-state index in [4.69, 9.17) is 10.5 Å². The molecule has 1 heterocycles. The van der Waals surface area contributed by atoms with Crippen molar-refractivity contribution in [3.8, 4) is 5.88 Å². The normalized spacial score (nSPS) is 11.4. The molecule has 1 aromatic rings. The van der Waals surface area contributed by atoms with Crippen molar-refractivity contribution in [3.05, 3.63) is 5.69 Å². The SMILES string of the molecule is COc1nc(N)nc(C)c1S(C)(=O)=O. The fourth-order valence-corrected chi connectivity index (χ4v) is 2.15. The van der Waals surface area contributed by atoms with Gasteiger partial charge in [0, 0.05) is 6.26 Å². The molecule has 0 atom stereocenters. The first-order valence-corrected chi connectivity index (χ1v) is 5.63. The van der Waals surface area contributed by atoms with E-state index in [9.17, 15) is 8.42 Å². The van der Waals surface area contributed by atoms with Gasteiger partial charge in [-0.15, -0.1) is 0 Å². The number of aromatic nitrogens is 2. The third kappa shape index (κ3) is 1.92. The van der Waals surface area contributed by atoms with Gasteiger partial charge in [0.05, 0.1) is 12.8 Å². The zero-order valence-electron chi connectivity index (χ0n) is 8.10. The maximum Gasteiger partial charge on any atom is 0.237 e. The average Bonchev–Trinajstić information content (AvgIpc) is 1.99. The number of ether oxygens (including phenoxy) is 1. The molecule has 0 bridgehead atoms. The Bertz CT molecular complexity index is 455. The Kier molecular flexibility index (Phi) is 2.61. The van der Waals surface area contributed by atoms with E-state index in [0.717, 1.165) is 6.26 Å². The standard InChI is InChI=1S/C7H11N3O3S/c1-4-5(14(3,11)12)6(13-2)10-7(8)9-4/h1-3H3,(H2,8,9,10). The zero-order chi connectivity index (χ0) is 10.9. The van der Waals surface area contributed by atoms with E-state index in [1.807, 2.05) is 0 Å². The highest BCUT2D eigenvalue weighted by atomic mass is 32.2. The molecule has 0 unspecified atom stereocenters. The highest BCUT2D eigenvalue weighted by Gasteiger charge is 2.20. The van der Waals surface area contributed by atoms with Gasteiger partial charge in [-0.3, -0.25) is 0 Å². The molecule has 0 aliphatic carbocycles. The smallest absolute Gasteiger partial charge is 0.237 e. The summed E-state index contributed by atoms with van der Waals surface area (Å²) < 4.78 is 27.5. The van der Waals surface area contributed by atoms with Crippen LogP contribution in [0.5, 0.6) is 5.88 Å². The fraction of sp³-hybridized carbons (Fsp3) is 0.429. The van der Waals surface area contributed by atoms with Crippen molar-refractivity contribution < 1.29 is 13.2 Å². The number of rotatable bonds is 2. The quantitative estimate of drug-likeness (QED) is 0.735. The van der Waals surface area contributed by atoms with E-state index in [-0.39, 0.29) is 22.4 Å². The van der Waals surface area contributed by atoms with E-state index in [1.54, 1.807) is 0 Å². The van der Waals surface area contributed by atoms with Crippen molar-refractivity contribution in [2.45, 2.75) is 11.8 Å². The van der Waals surface area contributed by atoms with Crippen LogP contribution in [0, 0.1) is 6.92 Å². The minimum atomic E-state index is -3.40. The third-order valence-electron chi connectivity index (χ3n) is 1.59. The fourth-order valence-electron chi connectivity index (χ4n) is 1.12. The predicted octanol–water partition coefficient (Wildman–Crippen LogP) is -0.221. The first-order chi connectivity index (χ1) is 6.36.